The monoisotopic (exact) mass is 812 g/mol. The zero-order chi connectivity index (χ0) is 41.6. The van der Waals surface area contributed by atoms with Crippen LogP contribution in [0.15, 0.2) is 12.2 Å². The first-order valence-electron chi connectivity index (χ1n) is 24.4. The normalized spacial score (nSPS) is 21.0. The first kappa shape index (κ1) is 53.9. The minimum atomic E-state index is -1.55. The van der Waals surface area contributed by atoms with Gasteiger partial charge in [-0.3, -0.25) is 4.79 Å². The molecule has 0 spiro atoms. The van der Waals surface area contributed by atoms with E-state index in [1.54, 1.807) is 0 Å². The van der Waals surface area contributed by atoms with E-state index in [2.05, 4.69) is 31.3 Å². The summed E-state index contributed by atoms with van der Waals surface area (Å²) in [7, 11) is 0. The summed E-state index contributed by atoms with van der Waals surface area (Å²) >= 11 is 0. The van der Waals surface area contributed by atoms with Gasteiger partial charge in [0.1, 0.15) is 24.4 Å². The van der Waals surface area contributed by atoms with Crippen molar-refractivity contribution in [3.05, 3.63) is 12.2 Å². The number of aliphatic hydroxyl groups excluding tert-OH is 5. The summed E-state index contributed by atoms with van der Waals surface area (Å²) in [6.07, 6.45) is 37.8. The molecule has 7 unspecified atom stereocenters. The number of carbonyl (C=O) groups excluding carboxylic acids is 1. The predicted octanol–water partition coefficient (Wildman–Crippen LogP) is 10.5. The highest BCUT2D eigenvalue weighted by atomic mass is 16.7. The summed E-state index contributed by atoms with van der Waals surface area (Å²) in [4.78, 5) is 13.0. The topological polar surface area (TPSA) is 149 Å². The highest BCUT2D eigenvalue weighted by Crippen LogP contribution is 2.23. The number of hydrogen-bond acceptors (Lipinski definition) is 8. The van der Waals surface area contributed by atoms with Crippen LogP contribution in [0, 0.1) is 0 Å². The van der Waals surface area contributed by atoms with Crippen molar-refractivity contribution in [3.63, 3.8) is 0 Å². The number of unbranched alkanes of at least 4 members (excludes halogenated alkanes) is 29. The molecule has 1 aliphatic rings. The Morgan fingerprint density at radius 3 is 1.42 bits per heavy atom. The van der Waals surface area contributed by atoms with Crippen molar-refractivity contribution < 1.29 is 39.8 Å². The van der Waals surface area contributed by atoms with Gasteiger partial charge in [0.2, 0.25) is 5.91 Å². The van der Waals surface area contributed by atoms with Crippen LogP contribution in [-0.4, -0.2) is 87.5 Å². The van der Waals surface area contributed by atoms with Gasteiger partial charge in [-0.2, -0.15) is 0 Å². The maximum absolute atomic E-state index is 13.0. The van der Waals surface area contributed by atoms with Crippen molar-refractivity contribution in [2.24, 2.45) is 0 Å². The Bertz CT molecular complexity index is 904. The predicted molar refractivity (Wildman–Crippen MR) is 235 cm³/mol. The molecule has 338 valence electrons. The Morgan fingerprint density at radius 1 is 0.579 bits per heavy atom. The van der Waals surface area contributed by atoms with Crippen LogP contribution < -0.4 is 5.32 Å². The molecule has 57 heavy (non-hydrogen) atoms. The van der Waals surface area contributed by atoms with E-state index >= 15 is 0 Å². The molecule has 1 fully saturated rings. The van der Waals surface area contributed by atoms with Gasteiger partial charge in [-0.1, -0.05) is 199 Å². The zero-order valence-electron chi connectivity index (χ0n) is 37.1. The van der Waals surface area contributed by atoms with E-state index < -0.39 is 49.5 Å². The highest BCUT2D eigenvalue weighted by molar-refractivity contribution is 5.76. The Balaban J connectivity index is 2.29. The van der Waals surface area contributed by atoms with Crippen LogP contribution >= 0.6 is 0 Å². The van der Waals surface area contributed by atoms with Gasteiger partial charge in [-0.25, -0.2) is 0 Å². The van der Waals surface area contributed by atoms with Gasteiger partial charge in [0.15, 0.2) is 6.29 Å². The molecule has 0 aromatic heterocycles. The molecule has 1 saturated heterocycles. The average Bonchev–Trinajstić information content (AvgIpc) is 3.21. The molecule has 1 heterocycles. The summed E-state index contributed by atoms with van der Waals surface area (Å²) < 4.78 is 11.3. The minimum absolute atomic E-state index is 0.135. The third-order valence-electron chi connectivity index (χ3n) is 11.9. The summed E-state index contributed by atoms with van der Waals surface area (Å²) in [5.74, 6) is -0.144. The third-order valence-corrected chi connectivity index (χ3v) is 11.9. The van der Waals surface area contributed by atoms with E-state index in [0.717, 1.165) is 38.5 Å². The van der Waals surface area contributed by atoms with E-state index in [4.69, 9.17) is 9.47 Å². The summed E-state index contributed by atoms with van der Waals surface area (Å²) in [6.45, 7) is 3.84. The van der Waals surface area contributed by atoms with Gasteiger partial charge in [0, 0.05) is 6.42 Å². The number of allylic oxidation sites excluding steroid dienone is 2. The van der Waals surface area contributed by atoms with Crippen LogP contribution in [0.1, 0.15) is 232 Å². The first-order chi connectivity index (χ1) is 27.8. The molecule has 0 radical (unpaired) electrons. The quantitative estimate of drug-likeness (QED) is 0.0264. The van der Waals surface area contributed by atoms with Crippen LogP contribution in [0.5, 0.6) is 0 Å². The van der Waals surface area contributed by atoms with Crippen LogP contribution in [0.4, 0.5) is 0 Å². The number of rotatable bonds is 41. The van der Waals surface area contributed by atoms with E-state index in [1.807, 2.05) is 0 Å². The summed E-state index contributed by atoms with van der Waals surface area (Å²) in [6, 6.07) is -0.715. The lowest BCUT2D eigenvalue weighted by atomic mass is 9.99. The zero-order valence-corrected chi connectivity index (χ0v) is 37.1. The largest absolute Gasteiger partial charge is 0.394 e. The number of ether oxygens (including phenoxy) is 2. The SMILES string of the molecule is CCCCCCCC/C=C\CCCCCCCCCCCC(=O)NC(COC1OC(CO)C(O)C(O)C1O)C(O)CCCCCCCCCCCCCCCCC. The number of hydrogen-bond donors (Lipinski definition) is 6. The second kappa shape index (κ2) is 39.1. The molecule has 7 atom stereocenters. The van der Waals surface area contributed by atoms with Gasteiger partial charge in [0.25, 0.3) is 0 Å². The molecule has 0 saturated carbocycles. The maximum Gasteiger partial charge on any atom is 0.220 e. The number of carbonyl (C=O) groups is 1. The Morgan fingerprint density at radius 2 is 0.982 bits per heavy atom. The number of aliphatic hydroxyl groups is 5. The van der Waals surface area contributed by atoms with Crippen LogP contribution in [0.3, 0.4) is 0 Å². The fraction of sp³-hybridized carbons (Fsp3) is 0.938. The maximum atomic E-state index is 13.0. The Labute approximate surface area is 350 Å². The van der Waals surface area contributed by atoms with E-state index in [-0.39, 0.29) is 12.5 Å². The Kier molecular flexibility index (Phi) is 37.0. The van der Waals surface area contributed by atoms with E-state index in [1.165, 1.54) is 167 Å². The van der Waals surface area contributed by atoms with Crippen molar-refractivity contribution >= 4 is 5.91 Å². The molecule has 6 N–H and O–H groups in total. The second-order valence-electron chi connectivity index (χ2n) is 17.3. The molecule has 0 aromatic rings. The van der Waals surface area contributed by atoms with Gasteiger partial charge >= 0.3 is 0 Å². The van der Waals surface area contributed by atoms with Gasteiger partial charge < -0.3 is 40.3 Å². The second-order valence-corrected chi connectivity index (χ2v) is 17.3. The molecule has 1 aliphatic heterocycles. The molecule has 0 aliphatic carbocycles. The van der Waals surface area contributed by atoms with Gasteiger partial charge in [0.05, 0.1) is 25.4 Å². The first-order valence-corrected chi connectivity index (χ1v) is 24.4. The van der Waals surface area contributed by atoms with Gasteiger partial charge in [-0.05, 0) is 38.5 Å². The fourth-order valence-electron chi connectivity index (χ4n) is 7.92. The lowest BCUT2D eigenvalue weighted by Gasteiger charge is -2.40. The van der Waals surface area contributed by atoms with Crippen LogP contribution in [-0.2, 0) is 14.3 Å². The molecule has 0 bridgehead atoms. The highest BCUT2D eigenvalue weighted by Gasteiger charge is 2.44. The molecule has 0 aromatic carbocycles. The third kappa shape index (κ3) is 29.7. The summed E-state index contributed by atoms with van der Waals surface area (Å²) in [5.41, 5.74) is 0. The number of nitrogens with one attached hydrogen (secondary N) is 1. The smallest absolute Gasteiger partial charge is 0.220 e. The van der Waals surface area contributed by atoms with E-state index in [0.29, 0.717) is 12.8 Å². The average molecular weight is 812 g/mol. The van der Waals surface area contributed by atoms with Crippen molar-refractivity contribution in [2.75, 3.05) is 13.2 Å². The van der Waals surface area contributed by atoms with Crippen LogP contribution in [0.2, 0.25) is 0 Å². The van der Waals surface area contributed by atoms with Crippen molar-refractivity contribution in [3.8, 4) is 0 Å². The fourth-order valence-corrected chi connectivity index (χ4v) is 7.92. The molecule has 9 heteroatoms. The lowest BCUT2D eigenvalue weighted by Crippen LogP contribution is -2.60. The molecule has 1 amide bonds. The van der Waals surface area contributed by atoms with Gasteiger partial charge in [-0.15, -0.1) is 0 Å². The molecular weight excluding hydrogens is 719 g/mol. The standard InChI is InChI=1S/C48H93NO8/c1-3-5-7-9-11-13-15-17-19-20-21-22-24-26-28-30-32-34-36-38-44(52)49-41(40-56-48-47(55)46(54)45(53)43(39-50)57-48)42(51)37-35-33-31-29-27-25-23-18-16-14-12-10-8-6-4-2/h17,19,41-43,45-48,50-51,53-55H,3-16,18,20-40H2,1-2H3,(H,49,52)/b19-17-. The molecule has 9 nitrogen and oxygen atoms in total. The number of amides is 1. The van der Waals surface area contributed by atoms with Crippen molar-refractivity contribution in [1.29, 1.82) is 0 Å². The molecule has 1 rings (SSSR count). The molecular formula is C48H93NO8. The summed E-state index contributed by atoms with van der Waals surface area (Å²) in [5, 5.41) is 54.4. The van der Waals surface area contributed by atoms with E-state index in [9.17, 15) is 30.3 Å². The van der Waals surface area contributed by atoms with Crippen molar-refractivity contribution in [2.45, 2.75) is 275 Å². The minimum Gasteiger partial charge on any atom is -0.394 e. The van der Waals surface area contributed by atoms with Crippen LogP contribution in [0.25, 0.3) is 0 Å². The lowest BCUT2D eigenvalue weighted by molar-refractivity contribution is -0.302. The Hall–Kier alpha value is -1.07. The van der Waals surface area contributed by atoms with Crippen molar-refractivity contribution in [1.82, 2.24) is 5.32 Å².